The number of nitrogens with one attached hydrogen (secondary N) is 2. The van der Waals surface area contributed by atoms with Crippen LogP contribution in [0.25, 0.3) is 0 Å². The van der Waals surface area contributed by atoms with E-state index in [4.69, 9.17) is 4.74 Å². The van der Waals surface area contributed by atoms with Gasteiger partial charge in [-0.3, -0.25) is 10.1 Å². The second-order valence-electron chi connectivity index (χ2n) is 3.46. The molecule has 16 heavy (non-hydrogen) atoms. The summed E-state index contributed by atoms with van der Waals surface area (Å²) in [6, 6.07) is 7.30. The second-order valence-corrected chi connectivity index (χ2v) is 4.49. The summed E-state index contributed by atoms with van der Waals surface area (Å²) < 4.78 is 5.17. The molecular formula is C11H14N2O2S. The van der Waals surface area contributed by atoms with Crippen LogP contribution in [-0.2, 0) is 4.79 Å². The third-order valence-electron chi connectivity index (χ3n) is 2.40. The molecule has 1 unspecified atom stereocenters. The van der Waals surface area contributed by atoms with Crippen LogP contribution in [0.5, 0.6) is 5.75 Å². The van der Waals surface area contributed by atoms with Gasteiger partial charge < -0.3 is 10.1 Å². The number of carbonyl (C=O) groups excluding carboxylic acids is 1. The number of methoxy groups -OCH3 is 1. The molecule has 1 fully saturated rings. The molecule has 0 saturated carbocycles. The summed E-state index contributed by atoms with van der Waals surface area (Å²) in [6.07, 6.45) is 0. The van der Waals surface area contributed by atoms with Crippen LogP contribution >= 0.6 is 11.8 Å². The summed E-state index contributed by atoms with van der Waals surface area (Å²) in [6.45, 7) is 0. The number of hydrogen-bond acceptors (Lipinski definition) is 4. The summed E-state index contributed by atoms with van der Waals surface area (Å²) in [5.74, 6) is 2.33. The molecule has 86 valence electrons. The summed E-state index contributed by atoms with van der Waals surface area (Å²) in [4.78, 5) is 11.8. The van der Waals surface area contributed by atoms with Crippen molar-refractivity contribution in [3.63, 3.8) is 0 Å². The highest BCUT2D eigenvalue weighted by Crippen LogP contribution is 2.23. The van der Waals surface area contributed by atoms with Crippen molar-refractivity contribution in [2.75, 3.05) is 24.1 Å². The maximum Gasteiger partial charge on any atom is 0.242 e. The predicted molar refractivity (Wildman–Crippen MR) is 65.9 cm³/mol. The van der Waals surface area contributed by atoms with Crippen molar-refractivity contribution in [2.45, 2.75) is 6.04 Å². The van der Waals surface area contributed by atoms with Gasteiger partial charge in [0, 0.05) is 11.6 Å². The molecule has 1 aromatic carbocycles. The van der Waals surface area contributed by atoms with Crippen LogP contribution in [0, 0.1) is 0 Å². The maximum absolute atomic E-state index is 11.8. The van der Waals surface area contributed by atoms with Crippen molar-refractivity contribution < 1.29 is 9.53 Å². The Hall–Kier alpha value is -1.20. The van der Waals surface area contributed by atoms with Crippen LogP contribution < -0.4 is 15.4 Å². The first-order chi connectivity index (χ1) is 7.81. The Balaban J connectivity index is 2.05. The van der Waals surface area contributed by atoms with Crippen LogP contribution in [-0.4, -0.2) is 30.7 Å². The normalized spacial score (nSPS) is 19.4. The number of anilines is 1. The van der Waals surface area contributed by atoms with Gasteiger partial charge in [0.1, 0.15) is 5.75 Å². The number of rotatable bonds is 3. The molecular weight excluding hydrogens is 224 g/mol. The SMILES string of the molecule is COc1ccccc1NC(=O)C1CSCN1. The fraction of sp³-hybridized carbons (Fsp3) is 0.364. The lowest BCUT2D eigenvalue weighted by Gasteiger charge is -2.12. The Morgan fingerprint density at radius 3 is 3.06 bits per heavy atom. The van der Waals surface area contributed by atoms with Gasteiger partial charge >= 0.3 is 0 Å². The van der Waals surface area contributed by atoms with E-state index in [0.29, 0.717) is 11.4 Å². The second kappa shape index (κ2) is 5.23. The summed E-state index contributed by atoms with van der Waals surface area (Å²) >= 11 is 1.73. The number of thioether (sulfide) groups is 1. The predicted octanol–water partition coefficient (Wildman–Crippen LogP) is 1.30. The van der Waals surface area contributed by atoms with Gasteiger partial charge in [-0.1, -0.05) is 12.1 Å². The molecule has 1 amide bonds. The van der Waals surface area contributed by atoms with Gasteiger partial charge in [0.25, 0.3) is 0 Å². The van der Waals surface area contributed by atoms with E-state index in [0.717, 1.165) is 11.6 Å². The zero-order valence-corrected chi connectivity index (χ0v) is 9.84. The molecule has 0 aromatic heterocycles. The Morgan fingerprint density at radius 1 is 1.56 bits per heavy atom. The molecule has 0 spiro atoms. The van der Waals surface area contributed by atoms with Gasteiger partial charge in [-0.25, -0.2) is 0 Å². The van der Waals surface area contributed by atoms with Gasteiger partial charge in [-0.05, 0) is 12.1 Å². The van der Waals surface area contributed by atoms with Gasteiger partial charge in [0.05, 0.1) is 18.8 Å². The molecule has 2 rings (SSSR count). The minimum Gasteiger partial charge on any atom is -0.495 e. The van der Waals surface area contributed by atoms with E-state index >= 15 is 0 Å². The smallest absolute Gasteiger partial charge is 0.242 e. The van der Waals surface area contributed by atoms with Gasteiger partial charge in [0.15, 0.2) is 0 Å². The largest absolute Gasteiger partial charge is 0.495 e. The highest BCUT2D eigenvalue weighted by Gasteiger charge is 2.22. The Labute approximate surface area is 98.7 Å². The quantitative estimate of drug-likeness (QED) is 0.833. The average Bonchev–Trinajstić information content (AvgIpc) is 2.83. The summed E-state index contributed by atoms with van der Waals surface area (Å²) in [5.41, 5.74) is 0.716. The zero-order valence-electron chi connectivity index (χ0n) is 9.03. The monoisotopic (exact) mass is 238 g/mol. The number of para-hydroxylation sites is 2. The molecule has 2 N–H and O–H groups in total. The van der Waals surface area contributed by atoms with E-state index in [1.165, 1.54) is 0 Å². The van der Waals surface area contributed by atoms with E-state index in [9.17, 15) is 4.79 Å². The molecule has 5 heteroatoms. The highest BCUT2D eigenvalue weighted by molar-refractivity contribution is 7.99. The fourth-order valence-electron chi connectivity index (χ4n) is 1.53. The van der Waals surface area contributed by atoms with E-state index < -0.39 is 0 Å². The van der Waals surface area contributed by atoms with Crippen molar-refractivity contribution in [2.24, 2.45) is 0 Å². The molecule has 0 radical (unpaired) electrons. The van der Waals surface area contributed by atoms with Crippen LogP contribution in [0.1, 0.15) is 0 Å². The number of hydrogen-bond donors (Lipinski definition) is 2. The average molecular weight is 238 g/mol. The summed E-state index contributed by atoms with van der Waals surface area (Å²) in [5, 5.41) is 5.99. The summed E-state index contributed by atoms with van der Waals surface area (Å²) in [7, 11) is 1.59. The first kappa shape index (κ1) is 11.3. The molecule has 1 heterocycles. The first-order valence-corrected chi connectivity index (χ1v) is 6.22. The molecule has 1 atom stereocenters. The van der Waals surface area contributed by atoms with Crippen LogP contribution in [0.2, 0.25) is 0 Å². The minimum absolute atomic E-state index is 0.00509. The zero-order chi connectivity index (χ0) is 11.4. The highest BCUT2D eigenvalue weighted by atomic mass is 32.2. The topological polar surface area (TPSA) is 50.4 Å². The van der Waals surface area contributed by atoms with E-state index in [1.807, 2.05) is 24.3 Å². The lowest BCUT2D eigenvalue weighted by molar-refractivity contribution is -0.117. The van der Waals surface area contributed by atoms with Crippen LogP contribution in [0.3, 0.4) is 0 Å². The van der Waals surface area contributed by atoms with Gasteiger partial charge in [-0.15, -0.1) is 11.8 Å². The van der Waals surface area contributed by atoms with Crippen molar-refractivity contribution in [3.05, 3.63) is 24.3 Å². The van der Waals surface area contributed by atoms with Gasteiger partial charge in [0.2, 0.25) is 5.91 Å². The minimum atomic E-state index is -0.102. The van der Waals surface area contributed by atoms with Crippen molar-refractivity contribution >= 4 is 23.4 Å². The van der Waals surface area contributed by atoms with Crippen LogP contribution in [0.4, 0.5) is 5.69 Å². The molecule has 1 aliphatic heterocycles. The van der Waals surface area contributed by atoms with Crippen molar-refractivity contribution in [1.82, 2.24) is 5.32 Å². The Bertz CT molecular complexity index is 378. The van der Waals surface area contributed by atoms with Crippen molar-refractivity contribution in [1.29, 1.82) is 0 Å². The number of carbonyl (C=O) groups is 1. The standard InChI is InChI=1S/C11H14N2O2S/c1-15-10-5-3-2-4-8(10)13-11(14)9-6-16-7-12-9/h2-5,9,12H,6-7H2,1H3,(H,13,14). The lowest BCUT2D eigenvalue weighted by Crippen LogP contribution is -2.37. The first-order valence-electron chi connectivity index (χ1n) is 5.06. The molecule has 1 aromatic rings. The van der Waals surface area contributed by atoms with E-state index in [2.05, 4.69) is 10.6 Å². The Morgan fingerprint density at radius 2 is 2.38 bits per heavy atom. The van der Waals surface area contributed by atoms with Gasteiger partial charge in [-0.2, -0.15) is 0 Å². The number of ether oxygens (including phenoxy) is 1. The van der Waals surface area contributed by atoms with Crippen LogP contribution in [0.15, 0.2) is 24.3 Å². The lowest BCUT2D eigenvalue weighted by atomic mass is 10.2. The molecule has 4 nitrogen and oxygen atoms in total. The number of amides is 1. The molecule has 0 bridgehead atoms. The maximum atomic E-state index is 11.8. The van der Waals surface area contributed by atoms with Crippen molar-refractivity contribution in [3.8, 4) is 5.75 Å². The third-order valence-corrected chi connectivity index (χ3v) is 3.34. The molecule has 1 saturated heterocycles. The fourth-order valence-corrected chi connectivity index (χ4v) is 2.47. The molecule has 1 aliphatic rings. The van der Waals surface area contributed by atoms with E-state index in [1.54, 1.807) is 18.9 Å². The third kappa shape index (κ3) is 2.48. The molecule has 0 aliphatic carbocycles. The Kier molecular flexibility index (Phi) is 3.69. The number of benzene rings is 1. The van der Waals surface area contributed by atoms with E-state index in [-0.39, 0.29) is 11.9 Å².